The Morgan fingerprint density at radius 3 is 2.78 bits per heavy atom. The third kappa shape index (κ3) is 2.11. The molecule has 2 aromatic rings. The van der Waals surface area contributed by atoms with E-state index < -0.39 is 11.8 Å². The normalized spacial score (nSPS) is 10.6. The van der Waals surface area contributed by atoms with Gasteiger partial charge in [-0.3, -0.25) is 4.79 Å². The van der Waals surface area contributed by atoms with Crippen LogP contribution in [0.2, 0.25) is 5.02 Å². The van der Waals surface area contributed by atoms with Gasteiger partial charge in [0.2, 0.25) is 0 Å². The Bertz CT molecular complexity index is 630. The molecule has 0 amide bonds. The van der Waals surface area contributed by atoms with Crippen molar-refractivity contribution in [1.82, 2.24) is 4.57 Å². The fourth-order valence-corrected chi connectivity index (χ4v) is 2.05. The molecule has 0 aliphatic carbocycles. The molecule has 0 aliphatic rings. The quantitative estimate of drug-likeness (QED) is 0.487. The number of hydrogen-bond acceptors (Lipinski definition) is 3. The number of aromatic nitrogens is 1. The fourth-order valence-electron chi connectivity index (χ4n) is 1.77. The average molecular weight is 266 g/mol. The molecule has 0 radical (unpaired) electrons. The second-order valence-electron chi connectivity index (χ2n) is 3.87. The van der Waals surface area contributed by atoms with Gasteiger partial charge in [0.15, 0.2) is 0 Å². The number of carbonyl (C=O) groups excluding carboxylic acids is 2. The molecular formula is C13H12ClNO3. The lowest BCUT2D eigenvalue weighted by atomic mass is 10.1. The number of benzene rings is 1. The number of esters is 1. The van der Waals surface area contributed by atoms with Crippen LogP contribution < -0.4 is 0 Å². The van der Waals surface area contributed by atoms with Crippen LogP contribution in [0.1, 0.15) is 17.3 Å². The highest BCUT2D eigenvalue weighted by molar-refractivity contribution is 6.42. The molecule has 5 heteroatoms. The molecule has 0 aliphatic heterocycles. The second-order valence-corrected chi connectivity index (χ2v) is 4.27. The van der Waals surface area contributed by atoms with Gasteiger partial charge in [-0.1, -0.05) is 11.6 Å². The number of carbonyl (C=O) groups is 2. The molecule has 1 heterocycles. The maximum atomic E-state index is 11.8. The van der Waals surface area contributed by atoms with Gasteiger partial charge in [0.25, 0.3) is 5.78 Å². The van der Waals surface area contributed by atoms with E-state index in [2.05, 4.69) is 4.74 Å². The van der Waals surface area contributed by atoms with Gasteiger partial charge in [-0.2, -0.15) is 0 Å². The van der Waals surface area contributed by atoms with Crippen molar-refractivity contribution in [3.8, 4) is 0 Å². The average Bonchev–Trinajstić information content (AvgIpc) is 2.71. The van der Waals surface area contributed by atoms with Crippen molar-refractivity contribution in [3.63, 3.8) is 0 Å². The molecule has 4 nitrogen and oxygen atoms in total. The van der Waals surface area contributed by atoms with Gasteiger partial charge in [0.05, 0.1) is 11.6 Å². The predicted molar refractivity (Wildman–Crippen MR) is 68.9 cm³/mol. The Morgan fingerprint density at radius 1 is 1.39 bits per heavy atom. The molecule has 0 bridgehead atoms. The molecule has 1 aromatic carbocycles. The minimum Gasteiger partial charge on any atom is -0.460 e. The van der Waals surface area contributed by atoms with Crippen LogP contribution in [0.25, 0.3) is 10.9 Å². The van der Waals surface area contributed by atoms with Crippen molar-refractivity contribution < 1.29 is 14.3 Å². The van der Waals surface area contributed by atoms with E-state index in [1.807, 2.05) is 23.9 Å². The molecule has 0 atom stereocenters. The van der Waals surface area contributed by atoms with Crippen molar-refractivity contribution in [3.05, 3.63) is 35.0 Å². The molecule has 0 N–H and O–H groups in total. The van der Waals surface area contributed by atoms with Gasteiger partial charge < -0.3 is 9.30 Å². The Hall–Kier alpha value is -1.81. The SMILES string of the molecule is CCOC(=O)C(=O)c1cc(Cl)c2ccn(C)c2c1. The molecule has 0 spiro atoms. The van der Waals surface area contributed by atoms with Gasteiger partial charge in [-0.25, -0.2) is 4.79 Å². The molecule has 18 heavy (non-hydrogen) atoms. The van der Waals surface area contributed by atoms with Crippen LogP contribution in [0.3, 0.4) is 0 Å². The second kappa shape index (κ2) is 4.82. The first-order valence-electron chi connectivity index (χ1n) is 5.50. The number of ether oxygens (including phenoxy) is 1. The number of rotatable bonds is 3. The van der Waals surface area contributed by atoms with Crippen molar-refractivity contribution in [2.45, 2.75) is 6.92 Å². The molecule has 1 aromatic heterocycles. The summed E-state index contributed by atoms with van der Waals surface area (Å²) in [6, 6.07) is 4.99. The summed E-state index contributed by atoms with van der Waals surface area (Å²) in [5, 5.41) is 1.29. The van der Waals surface area contributed by atoms with Gasteiger partial charge in [-0.15, -0.1) is 0 Å². The summed E-state index contributed by atoms with van der Waals surface area (Å²) in [4.78, 5) is 23.2. The smallest absolute Gasteiger partial charge is 0.379 e. The summed E-state index contributed by atoms with van der Waals surface area (Å²) in [6.45, 7) is 1.82. The number of nitrogens with zero attached hydrogens (tertiary/aromatic N) is 1. The van der Waals surface area contributed by atoms with E-state index in [1.165, 1.54) is 6.07 Å². The maximum absolute atomic E-state index is 11.8. The lowest BCUT2D eigenvalue weighted by Crippen LogP contribution is -2.17. The first-order chi connectivity index (χ1) is 8.54. The summed E-state index contributed by atoms with van der Waals surface area (Å²) >= 11 is 6.08. The van der Waals surface area contributed by atoms with E-state index in [4.69, 9.17) is 11.6 Å². The van der Waals surface area contributed by atoms with Crippen molar-refractivity contribution in [2.75, 3.05) is 6.61 Å². The first-order valence-corrected chi connectivity index (χ1v) is 5.88. The van der Waals surface area contributed by atoms with Gasteiger partial charge >= 0.3 is 5.97 Å². The van der Waals surface area contributed by atoms with Crippen LogP contribution in [-0.4, -0.2) is 22.9 Å². The highest BCUT2D eigenvalue weighted by Gasteiger charge is 2.19. The number of ketones is 1. The maximum Gasteiger partial charge on any atom is 0.379 e. The highest BCUT2D eigenvalue weighted by Crippen LogP contribution is 2.26. The van der Waals surface area contributed by atoms with Crippen LogP contribution in [0, 0.1) is 0 Å². The van der Waals surface area contributed by atoms with E-state index in [0.29, 0.717) is 5.02 Å². The summed E-state index contributed by atoms with van der Waals surface area (Å²) in [7, 11) is 1.84. The molecule has 0 unspecified atom stereocenters. The monoisotopic (exact) mass is 265 g/mol. The van der Waals surface area contributed by atoms with Crippen LogP contribution in [0.15, 0.2) is 24.4 Å². The summed E-state index contributed by atoms with van der Waals surface area (Å²) in [5.74, 6) is -1.54. The molecule has 0 saturated carbocycles. The van der Waals surface area contributed by atoms with Crippen LogP contribution in [-0.2, 0) is 16.6 Å². The van der Waals surface area contributed by atoms with E-state index in [-0.39, 0.29) is 12.2 Å². The molecular weight excluding hydrogens is 254 g/mol. The highest BCUT2D eigenvalue weighted by atomic mass is 35.5. The summed E-state index contributed by atoms with van der Waals surface area (Å²) in [5.41, 5.74) is 1.04. The number of Topliss-reactive ketones (excluding diaryl/α,β-unsaturated/α-hetero) is 1. The number of fused-ring (bicyclic) bond motifs is 1. The van der Waals surface area contributed by atoms with E-state index >= 15 is 0 Å². The number of hydrogen-bond donors (Lipinski definition) is 0. The van der Waals surface area contributed by atoms with Gasteiger partial charge in [0, 0.05) is 29.7 Å². The third-order valence-corrected chi connectivity index (χ3v) is 2.99. The fraction of sp³-hybridized carbons (Fsp3) is 0.231. The Balaban J connectivity index is 2.49. The van der Waals surface area contributed by atoms with Crippen molar-refractivity contribution >= 4 is 34.3 Å². The lowest BCUT2D eigenvalue weighted by Gasteiger charge is -2.04. The predicted octanol–water partition coefficient (Wildman–Crippen LogP) is 2.58. The lowest BCUT2D eigenvalue weighted by molar-refractivity contribution is -0.137. The molecule has 2 rings (SSSR count). The Morgan fingerprint density at radius 2 is 2.11 bits per heavy atom. The summed E-state index contributed by atoms with van der Waals surface area (Å²) in [6.07, 6.45) is 1.84. The van der Waals surface area contributed by atoms with E-state index in [0.717, 1.165) is 10.9 Å². The molecule has 94 valence electrons. The van der Waals surface area contributed by atoms with Crippen LogP contribution in [0.4, 0.5) is 0 Å². The summed E-state index contributed by atoms with van der Waals surface area (Å²) < 4.78 is 6.52. The van der Waals surface area contributed by atoms with Crippen LogP contribution in [0.5, 0.6) is 0 Å². The minimum atomic E-state index is -0.859. The first kappa shape index (κ1) is 12.6. The Labute approximate surface area is 109 Å². The topological polar surface area (TPSA) is 48.3 Å². The van der Waals surface area contributed by atoms with Crippen LogP contribution >= 0.6 is 11.6 Å². The van der Waals surface area contributed by atoms with E-state index in [1.54, 1.807) is 13.0 Å². The van der Waals surface area contributed by atoms with Gasteiger partial charge in [0.1, 0.15) is 0 Å². The third-order valence-electron chi connectivity index (χ3n) is 2.68. The molecule has 0 fully saturated rings. The van der Waals surface area contributed by atoms with Crippen molar-refractivity contribution in [1.29, 1.82) is 0 Å². The molecule has 0 saturated heterocycles. The zero-order valence-corrected chi connectivity index (χ0v) is 10.8. The number of aryl methyl sites for hydroxylation is 1. The number of halogens is 1. The van der Waals surface area contributed by atoms with Crippen molar-refractivity contribution in [2.24, 2.45) is 7.05 Å². The van der Waals surface area contributed by atoms with E-state index in [9.17, 15) is 9.59 Å². The van der Waals surface area contributed by atoms with Gasteiger partial charge in [-0.05, 0) is 25.1 Å². The zero-order chi connectivity index (χ0) is 13.3. The zero-order valence-electron chi connectivity index (χ0n) is 10.1. The minimum absolute atomic E-state index is 0.171. The largest absolute Gasteiger partial charge is 0.460 e. The standard InChI is InChI=1S/C13H12ClNO3/c1-3-18-13(17)12(16)8-6-10(14)9-4-5-15(2)11(9)7-8/h4-7H,3H2,1-2H3. The Kier molecular flexibility index (Phi) is 3.39.